The largest absolute Gasteiger partial charge is 0.359 e. The van der Waals surface area contributed by atoms with Gasteiger partial charge in [-0.25, -0.2) is 9.97 Å². The first-order valence-electron chi connectivity index (χ1n) is 5.27. The zero-order chi connectivity index (χ0) is 12.3. The number of anilines is 1. The van der Waals surface area contributed by atoms with E-state index < -0.39 is 0 Å². The normalized spacial score (nSPS) is 12.4. The van der Waals surface area contributed by atoms with E-state index in [1.807, 2.05) is 12.3 Å². The van der Waals surface area contributed by atoms with Gasteiger partial charge in [-0.15, -0.1) is 0 Å². The zero-order valence-electron chi connectivity index (χ0n) is 9.24. The van der Waals surface area contributed by atoms with E-state index >= 15 is 0 Å². The van der Waals surface area contributed by atoms with E-state index in [0.29, 0.717) is 5.02 Å². The lowest BCUT2D eigenvalue weighted by atomic mass is 10.2. The number of imidazole rings is 1. The number of nitrogens with zero attached hydrogens (tertiary/aromatic N) is 2. The van der Waals surface area contributed by atoms with Crippen LogP contribution in [0.3, 0.4) is 0 Å². The van der Waals surface area contributed by atoms with Gasteiger partial charge in [-0.1, -0.05) is 18.5 Å². The van der Waals surface area contributed by atoms with Gasteiger partial charge in [-0.3, -0.25) is 0 Å². The lowest BCUT2D eigenvalue weighted by Gasteiger charge is -2.16. The van der Waals surface area contributed by atoms with Crippen molar-refractivity contribution in [2.75, 3.05) is 5.32 Å². The molecular formula is C11H12BrClN4. The van der Waals surface area contributed by atoms with Crippen LogP contribution in [0.25, 0.3) is 0 Å². The summed E-state index contributed by atoms with van der Waals surface area (Å²) in [6, 6.07) is 1.92. The monoisotopic (exact) mass is 314 g/mol. The van der Waals surface area contributed by atoms with E-state index in [1.54, 1.807) is 12.4 Å². The molecule has 0 radical (unpaired) electrons. The van der Waals surface area contributed by atoms with Crippen LogP contribution >= 0.6 is 27.5 Å². The van der Waals surface area contributed by atoms with Crippen LogP contribution < -0.4 is 5.32 Å². The van der Waals surface area contributed by atoms with E-state index in [4.69, 9.17) is 11.6 Å². The van der Waals surface area contributed by atoms with Gasteiger partial charge in [0.1, 0.15) is 11.6 Å². The quantitative estimate of drug-likeness (QED) is 0.902. The van der Waals surface area contributed by atoms with Crippen LogP contribution in [0.4, 0.5) is 5.82 Å². The van der Waals surface area contributed by atoms with Crippen LogP contribution in [0.1, 0.15) is 25.2 Å². The molecule has 0 amide bonds. The summed E-state index contributed by atoms with van der Waals surface area (Å²) in [5.41, 5.74) is 0. The molecule has 0 aliphatic carbocycles. The molecule has 2 aromatic heterocycles. The fraction of sp³-hybridized carbons (Fsp3) is 0.273. The van der Waals surface area contributed by atoms with Crippen molar-refractivity contribution >= 4 is 33.3 Å². The van der Waals surface area contributed by atoms with E-state index in [1.165, 1.54) is 0 Å². The SMILES string of the molecule is CCC(Nc1ncc(Cl)cc1Br)c1ncc[nH]1. The minimum atomic E-state index is 0.106. The van der Waals surface area contributed by atoms with Crippen molar-refractivity contribution in [3.05, 3.63) is 40.0 Å². The third-order valence-electron chi connectivity index (χ3n) is 2.38. The molecular weight excluding hydrogens is 304 g/mol. The van der Waals surface area contributed by atoms with E-state index in [9.17, 15) is 0 Å². The van der Waals surface area contributed by atoms with Crippen molar-refractivity contribution in [3.63, 3.8) is 0 Å². The van der Waals surface area contributed by atoms with Gasteiger partial charge in [0.15, 0.2) is 0 Å². The Labute approximate surface area is 113 Å². The highest BCUT2D eigenvalue weighted by Gasteiger charge is 2.13. The van der Waals surface area contributed by atoms with Crippen LogP contribution in [-0.4, -0.2) is 15.0 Å². The zero-order valence-corrected chi connectivity index (χ0v) is 11.6. The summed E-state index contributed by atoms with van der Waals surface area (Å²) >= 11 is 9.28. The predicted molar refractivity (Wildman–Crippen MR) is 72.2 cm³/mol. The number of rotatable bonds is 4. The van der Waals surface area contributed by atoms with Crippen LogP contribution in [0, 0.1) is 0 Å². The number of nitrogens with one attached hydrogen (secondary N) is 2. The average Bonchev–Trinajstić information content (AvgIpc) is 2.81. The number of H-pyrrole nitrogens is 1. The summed E-state index contributed by atoms with van der Waals surface area (Å²) in [5.74, 6) is 1.66. The minimum absolute atomic E-state index is 0.106. The first-order valence-corrected chi connectivity index (χ1v) is 6.44. The molecule has 0 aliphatic heterocycles. The molecule has 4 nitrogen and oxygen atoms in total. The van der Waals surface area contributed by atoms with Crippen LogP contribution in [0.15, 0.2) is 29.1 Å². The fourth-order valence-electron chi connectivity index (χ4n) is 1.52. The molecule has 2 N–H and O–H groups in total. The maximum Gasteiger partial charge on any atom is 0.140 e. The number of aromatic nitrogens is 3. The number of pyridine rings is 1. The molecule has 2 aromatic rings. The van der Waals surface area contributed by atoms with Crippen molar-refractivity contribution in [2.24, 2.45) is 0 Å². The lowest BCUT2D eigenvalue weighted by Crippen LogP contribution is -2.12. The molecule has 0 fully saturated rings. The Hall–Kier alpha value is -1.07. The van der Waals surface area contributed by atoms with Gasteiger partial charge in [0.25, 0.3) is 0 Å². The molecule has 0 aromatic carbocycles. The Kier molecular flexibility index (Phi) is 4.02. The van der Waals surface area contributed by atoms with Crippen molar-refractivity contribution < 1.29 is 0 Å². The molecule has 0 saturated heterocycles. The molecule has 2 rings (SSSR count). The molecule has 2 heterocycles. The number of hydrogen-bond acceptors (Lipinski definition) is 3. The smallest absolute Gasteiger partial charge is 0.140 e. The first kappa shape index (κ1) is 12.4. The van der Waals surface area contributed by atoms with Gasteiger partial charge in [0.2, 0.25) is 0 Å². The Morgan fingerprint density at radius 1 is 1.53 bits per heavy atom. The molecule has 90 valence electrons. The van der Waals surface area contributed by atoms with Crippen molar-refractivity contribution in [2.45, 2.75) is 19.4 Å². The van der Waals surface area contributed by atoms with Crippen LogP contribution in [-0.2, 0) is 0 Å². The highest BCUT2D eigenvalue weighted by Crippen LogP contribution is 2.27. The molecule has 17 heavy (non-hydrogen) atoms. The Morgan fingerprint density at radius 2 is 2.35 bits per heavy atom. The molecule has 6 heteroatoms. The molecule has 1 unspecified atom stereocenters. The van der Waals surface area contributed by atoms with Crippen LogP contribution in [0.5, 0.6) is 0 Å². The van der Waals surface area contributed by atoms with E-state index in [2.05, 4.69) is 43.1 Å². The topological polar surface area (TPSA) is 53.6 Å². The maximum atomic E-state index is 5.85. The number of hydrogen-bond donors (Lipinski definition) is 2. The lowest BCUT2D eigenvalue weighted by molar-refractivity contribution is 0.699. The third kappa shape index (κ3) is 2.98. The highest BCUT2D eigenvalue weighted by molar-refractivity contribution is 9.10. The van der Waals surface area contributed by atoms with Gasteiger partial charge in [-0.05, 0) is 28.4 Å². The highest BCUT2D eigenvalue weighted by atomic mass is 79.9. The van der Waals surface area contributed by atoms with Gasteiger partial charge >= 0.3 is 0 Å². The second-order valence-corrected chi connectivity index (χ2v) is 4.85. The number of halogens is 2. The predicted octanol–water partition coefficient (Wildman–Crippen LogP) is 3.78. The van der Waals surface area contributed by atoms with Crippen molar-refractivity contribution in [3.8, 4) is 0 Å². The van der Waals surface area contributed by atoms with Gasteiger partial charge < -0.3 is 10.3 Å². The summed E-state index contributed by atoms with van der Waals surface area (Å²) in [6.45, 7) is 2.09. The molecule has 1 atom stereocenters. The fourth-order valence-corrected chi connectivity index (χ4v) is 2.27. The van der Waals surface area contributed by atoms with Crippen LogP contribution in [0.2, 0.25) is 5.02 Å². The van der Waals surface area contributed by atoms with E-state index in [0.717, 1.165) is 22.5 Å². The number of aromatic amines is 1. The summed E-state index contributed by atoms with van der Waals surface area (Å²) in [6.07, 6.45) is 6.07. The second kappa shape index (κ2) is 5.51. The Morgan fingerprint density at radius 3 is 2.94 bits per heavy atom. The third-order valence-corrected chi connectivity index (χ3v) is 3.19. The van der Waals surface area contributed by atoms with Gasteiger partial charge in [-0.2, -0.15) is 0 Å². The second-order valence-electron chi connectivity index (χ2n) is 3.56. The van der Waals surface area contributed by atoms with Gasteiger partial charge in [0.05, 0.1) is 15.5 Å². The molecule has 0 aliphatic rings. The standard InChI is InChI=1S/C11H12BrClN4/c1-2-9(11-14-3-4-15-11)17-10-8(12)5-7(13)6-16-10/h3-6,9H,2H2,1H3,(H,14,15)(H,16,17). The molecule has 0 bridgehead atoms. The molecule has 0 saturated carbocycles. The van der Waals surface area contributed by atoms with Crippen molar-refractivity contribution in [1.82, 2.24) is 15.0 Å². The maximum absolute atomic E-state index is 5.85. The Bertz CT molecular complexity index is 486. The summed E-state index contributed by atoms with van der Waals surface area (Å²) in [7, 11) is 0. The van der Waals surface area contributed by atoms with E-state index in [-0.39, 0.29) is 6.04 Å². The summed E-state index contributed by atoms with van der Waals surface area (Å²) in [4.78, 5) is 11.6. The van der Waals surface area contributed by atoms with Gasteiger partial charge in [0, 0.05) is 18.6 Å². The summed E-state index contributed by atoms with van der Waals surface area (Å²) < 4.78 is 0.843. The average molecular weight is 316 g/mol. The first-order chi connectivity index (χ1) is 8.20. The van der Waals surface area contributed by atoms with Crippen molar-refractivity contribution in [1.29, 1.82) is 0 Å². The summed E-state index contributed by atoms with van der Waals surface area (Å²) in [5, 5.41) is 3.92. The minimum Gasteiger partial charge on any atom is -0.359 e. The molecule has 0 spiro atoms. The Balaban J connectivity index is 2.19.